The molecule has 178 valence electrons. The summed E-state index contributed by atoms with van der Waals surface area (Å²) in [5, 5.41) is 6.09. The van der Waals surface area contributed by atoms with Gasteiger partial charge in [0.15, 0.2) is 0 Å². The molecule has 4 aromatic rings. The number of nitrogens with zero attached hydrogens (tertiary/aromatic N) is 2. The summed E-state index contributed by atoms with van der Waals surface area (Å²) in [5.41, 5.74) is 2.75. The Kier molecular flexibility index (Phi) is 5.17. The number of benzene rings is 2. The molecule has 2 aromatic carbocycles. The van der Waals surface area contributed by atoms with Gasteiger partial charge in [-0.25, -0.2) is 10.0 Å². The van der Waals surface area contributed by atoms with E-state index in [4.69, 9.17) is 25.9 Å². The molecule has 2 atom stereocenters. The molecule has 0 aliphatic carbocycles. The number of aromatic amines is 1. The zero-order valence-corrected chi connectivity index (χ0v) is 19.9. The number of methoxy groups -OCH3 is 1. The number of halogens is 1. The Hall–Kier alpha value is -3.59. The Morgan fingerprint density at radius 1 is 1.17 bits per heavy atom. The molecule has 4 heterocycles. The van der Waals surface area contributed by atoms with Crippen LogP contribution in [0, 0.1) is 0 Å². The number of aromatic nitrogens is 2. The molecular weight excluding hydrogens is 468 g/mol. The third-order valence-electron chi connectivity index (χ3n) is 6.61. The van der Waals surface area contributed by atoms with E-state index in [1.807, 2.05) is 55.6 Å². The lowest BCUT2D eigenvalue weighted by Crippen LogP contribution is -2.59. The highest BCUT2D eigenvalue weighted by molar-refractivity contribution is 6.31. The SMILES string of the molecule is COCC[C@]1(C)C(=O)Nc2cnc3[nH]cc4c3c2N1OC4c1ccc(Oc2ccccc2)cc1Cl. The number of nitrogens with one attached hydrogen (secondary N) is 2. The van der Waals surface area contributed by atoms with Crippen LogP contribution >= 0.6 is 11.6 Å². The predicted octanol–water partition coefficient (Wildman–Crippen LogP) is 5.60. The van der Waals surface area contributed by atoms with Gasteiger partial charge in [0.1, 0.15) is 34.5 Å². The van der Waals surface area contributed by atoms with Crippen molar-refractivity contribution in [2.45, 2.75) is 25.0 Å². The van der Waals surface area contributed by atoms with Gasteiger partial charge in [0.25, 0.3) is 5.91 Å². The average Bonchev–Trinajstić information content (AvgIpc) is 3.30. The number of H-pyrrole nitrogens is 1. The lowest BCUT2D eigenvalue weighted by molar-refractivity contribution is -0.126. The van der Waals surface area contributed by atoms with Gasteiger partial charge >= 0.3 is 0 Å². The second-order valence-corrected chi connectivity index (χ2v) is 9.24. The number of ether oxygens (including phenoxy) is 2. The molecule has 0 fully saturated rings. The molecule has 2 N–H and O–H groups in total. The fourth-order valence-corrected chi connectivity index (χ4v) is 4.96. The van der Waals surface area contributed by atoms with Crippen molar-refractivity contribution >= 4 is 39.9 Å². The molecule has 0 radical (unpaired) electrons. The van der Waals surface area contributed by atoms with Crippen LogP contribution in [-0.2, 0) is 14.4 Å². The Morgan fingerprint density at radius 2 is 2.00 bits per heavy atom. The van der Waals surface area contributed by atoms with Gasteiger partial charge < -0.3 is 19.8 Å². The molecule has 6 rings (SSSR count). The molecule has 0 saturated heterocycles. The molecule has 8 nitrogen and oxygen atoms in total. The van der Waals surface area contributed by atoms with Gasteiger partial charge in [-0.05, 0) is 31.2 Å². The number of hydrogen-bond acceptors (Lipinski definition) is 6. The summed E-state index contributed by atoms with van der Waals surface area (Å²) >= 11 is 6.77. The van der Waals surface area contributed by atoms with E-state index in [-0.39, 0.29) is 5.91 Å². The van der Waals surface area contributed by atoms with Gasteiger partial charge in [0, 0.05) is 37.5 Å². The fourth-order valence-electron chi connectivity index (χ4n) is 4.69. The van der Waals surface area contributed by atoms with E-state index in [0.717, 1.165) is 28.0 Å². The number of hydroxylamine groups is 1. The Morgan fingerprint density at radius 3 is 2.77 bits per heavy atom. The first-order chi connectivity index (χ1) is 17.0. The van der Waals surface area contributed by atoms with Crippen LogP contribution in [0.1, 0.15) is 30.6 Å². The lowest BCUT2D eigenvalue weighted by atomic mass is 9.90. The van der Waals surface area contributed by atoms with Crippen molar-refractivity contribution in [3.63, 3.8) is 0 Å². The number of rotatable bonds is 6. The van der Waals surface area contributed by atoms with E-state index in [9.17, 15) is 4.79 Å². The first-order valence-electron chi connectivity index (χ1n) is 11.3. The summed E-state index contributed by atoms with van der Waals surface area (Å²) in [5.74, 6) is 1.16. The van der Waals surface area contributed by atoms with Crippen molar-refractivity contribution in [2.75, 3.05) is 24.1 Å². The highest BCUT2D eigenvalue weighted by Crippen LogP contribution is 2.52. The number of hydrogen-bond donors (Lipinski definition) is 2. The standard InChI is InChI=1S/C26H23ClN4O4/c1-26(10-11-33-2)25(32)30-20-14-29-24-21-18(13-28-24)23(35-31(26)22(20)21)17-9-8-16(12-19(17)27)34-15-6-4-3-5-7-15/h3-9,12-14,23H,10-11H2,1-2H3,(H,28,29)(H,30,32)/t23?,26-/m1/s1. The van der Waals surface area contributed by atoms with Crippen LogP contribution in [0.2, 0.25) is 5.02 Å². The molecule has 0 bridgehead atoms. The van der Waals surface area contributed by atoms with Crippen LogP contribution in [0.4, 0.5) is 11.4 Å². The molecule has 2 aliphatic rings. The Bertz CT molecular complexity index is 1440. The van der Waals surface area contributed by atoms with Gasteiger partial charge in [-0.15, -0.1) is 0 Å². The smallest absolute Gasteiger partial charge is 0.252 e. The van der Waals surface area contributed by atoms with E-state index in [0.29, 0.717) is 35.1 Å². The van der Waals surface area contributed by atoms with Gasteiger partial charge in [-0.3, -0.25) is 9.63 Å². The molecule has 1 unspecified atom stereocenters. The van der Waals surface area contributed by atoms with Crippen molar-refractivity contribution in [3.05, 3.63) is 77.1 Å². The number of carbonyl (C=O) groups is 1. The van der Waals surface area contributed by atoms with Crippen molar-refractivity contribution < 1.29 is 19.1 Å². The van der Waals surface area contributed by atoms with E-state index in [2.05, 4.69) is 15.3 Å². The van der Waals surface area contributed by atoms with Crippen molar-refractivity contribution in [3.8, 4) is 11.5 Å². The topological polar surface area (TPSA) is 88.7 Å². The largest absolute Gasteiger partial charge is 0.457 e. The molecule has 9 heteroatoms. The van der Waals surface area contributed by atoms with Crippen LogP contribution in [0.3, 0.4) is 0 Å². The normalized spacial score (nSPS) is 20.7. The third-order valence-corrected chi connectivity index (χ3v) is 6.94. The third kappa shape index (κ3) is 3.44. The first-order valence-corrected chi connectivity index (χ1v) is 11.7. The maximum absolute atomic E-state index is 13.2. The first kappa shape index (κ1) is 21.9. The number of carbonyl (C=O) groups excluding carboxylic acids is 1. The molecule has 2 aliphatic heterocycles. The minimum atomic E-state index is -0.993. The Balaban J connectivity index is 1.44. The number of para-hydroxylation sites is 1. The predicted molar refractivity (Wildman–Crippen MR) is 133 cm³/mol. The summed E-state index contributed by atoms with van der Waals surface area (Å²) in [6.45, 7) is 2.24. The van der Waals surface area contributed by atoms with Crippen LogP contribution in [0.25, 0.3) is 11.0 Å². The monoisotopic (exact) mass is 490 g/mol. The number of amides is 1. The van der Waals surface area contributed by atoms with Gasteiger partial charge in [-0.1, -0.05) is 35.9 Å². The summed E-state index contributed by atoms with van der Waals surface area (Å²) in [6, 6.07) is 15.0. The van der Waals surface area contributed by atoms with E-state index < -0.39 is 11.6 Å². The summed E-state index contributed by atoms with van der Waals surface area (Å²) in [4.78, 5) is 27.6. The number of anilines is 2. The van der Waals surface area contributed by atoms with Gasteiger partial charge in [0.05, 0.1) is 22.3 Å². The number of pyridine rings is 1. The molecule has 0 spiro atoms. The maximum Gasteiger partial charge on any atom is 0.252 e. The minimum Gasteiger partial charge on any atom is -0.457 e. The molecule has 2 aromatic heterocycles. The molecular formula is C26H23ClN4O4. The molecule has 0 saturated carbocycles. The highest BCUT2D eigenvalue weighted by Gasteiger charge is 2.50. The summed E-state index contributed by atoms with van der Waals surface area (Å²) in [6.07, 6.45) is 3.40. The zero-order chi connectivity index (χ0) is 24.2. The van der Waals surface area contributed by atoms with E-state index in [1.54, 1.807) is 24.4 Å². The lowest BCUT2D eigenvalue weighted by Gasteiger charge is -2.47. The van der Waals surface area contributed by atoms with Crippen LogP contribution in [0.5, 0.6) is 11.5 Å². The minimum absolute atomic E-state index is 0.182. The fraction of sp³-hybridized carbons (Fsp3) is 0.231. The van der Waals surface area contributed by atoms with Crippen molar-refractivity contribution in [1.29, 1.82) is 0 Å². The van der Waals surface area contributed by atoms with E-state index in [1.165, 1.54) is 0 Å². The summed E-state index contributed by atoms with van der Waals surface area (Å²) in [7, 11) is 1.61. The van der Waals surface area contributed by atoms with Crippen LogP contribution < -0.4 is 15.1 Å². The maximum atomic E-state index is 13.2. The Labute approximate surface area is 206 Å². The highest BCUT2D eigenvalue weighted by atomic mass is 35.5. The second-order valence-electron chi connectivity index (χ2n) is 8.84. The molecule has 1 amide bonds. The average molecular weight is 491 g/mol. The quantitative estimate of drug-likeness (QED) is 0.366. The van der Waals surface area contributed by atoms with E-state index >= 15 is 0 Å². The van der Waals surface area contributed by atoms with Crippen LogP contribution in [0.15, 0.2) is 60.9 Å². The van der Waals surface area contributed by atoms with Gasteiger partial charge in [0.2, 0.25) is 0 Å². The zero-order valence-electron chi connectivity index (χ0n) is 19.2. The van der Waals surface area contributed by atoms with Crippen LogP contribution in [-0.4, -0.2) is 35.1 Å². The summed E-state index contributed by atoms with van der Waals surface area (Å²) < 4.78 is 11.2. The second kappa shape index (κ2) is 8.27. The molecule has 35 heavy (non-hydrogen) atoms. The van der Waals surface area contributed by atoms with Crippen molar-refractivity contribution in [2.24, 2.45) is 0 Å². The van der Waals surface area contributed by atoms with Crippen molar-refractivity contribution in [1.82, 2.24) is 9.97 Å². The van der Waals surface area contributed by atoms with Gasteiger partial charge in [-0.2, -0.15) is 0 Å².